The molecule has 1 fully saturated rings. The Balaban J connectivity index is 2.14. The molecule has 17 heavy (non-hydrogen) atoms. The third-order valence-corrected chi connectivity index (χ3v) is 2.91. The van der Waals surface area contributed by atoms with E-state index in [0.717, 1.165) is 31.5 Å². The smallest absolute Gasteiger partial charge is 0.242 e. The Morgan fingerprint density at radius 1 is 1.35 bits per heavy atom. The normalized spacial score (nSPS) is 19.9. The minimum Gasteiger partial charge on any atom is -0.373 e. The first-order valence-corrected chi connectivity index (χ1v) is 5.84. The molecular weight excluding hydrogens is 214 g/mol. The Hall–Kier alpha value is -2.02. The van der Waals surface area contributed by atoms with E-state index in [1.54, 1.807) is 6.07 Å². The zero-order chi connectivity index (χ0) is 12.1. The van der Waals surface area contributed by atoms with Gasteiger partial charge in [-0.3, -0.25) is 4.79 Å². The van der Waals surface area contributed by atoms with Crippen LogP contribution in [0.1, 0.15) is 24.8 Å². The quantitative estimate of drug-likeness (QED) is 0.810. The lowest BCUT2D eigenvalue weighted by Gasteiger charge is -2.17. The number of anilines is 1. The van der Waals surface area contributed by atoms with Crippen LogP contribution in [-0.4, -0.2) is 18.5 Å². The summed E-state index contributed by atoms with van der Waals surface area (Å²) in [5.41, 5.74) is 1.31. The molecule has 88 valence electrons. The fourth-order valence-electron chi connectivity index (χ4n) is 1.97. The third kappa shape index (κ3) is 2.76. The number of nitrogens with one attached hydrogen (secondary N) is 2. The van der Waals surface area contributed by atoms with E-state index in [1.165, 1.54) is 0 Å². The summed E-state index contributed by atoms with van der Waals surface area (Å²) in [5.74, 6) is 0.0234. The first-order valence-electron chi connectivity index (χ1n) is 5.84. The van der Waals surface area contributed by atoms with Crippen molar-refractivity contribution in [1.82, 2.24) is 5.32 Å². The van der Waals surface area contributed by atoms with Crippen LogP contribution in [0.25, 0.3) is 0 Å². The first-order chi connectivity index (χ1) is 8.31. The van der Waals surface area contributed by atoms with E-state index < -0.39 is 0 Å². The van der Waals surface area contributed by atoms with Crippen molar-refractivity contribution in [2.75, 3.05) is 11.9 Å². The molecule has 4 heteroatoms. The molecule has 1 unspecified atom stereocenters. The fraction of sp³-hybridized carbons (Fsp3) is 0.385. The summed E-state index contributed by atoms with van der Waals surface area (Å²) < 4.78 is 0. The zero-order valence-electron chi connectivity index (χ0n) is 9.57. The number of carbonyl (C=O) groups is 1. The SMILES string of the molecule is N#Cc1ccccc1NC1CCCCNC1=O. The van der Waals surface area contributed by atoms with Crippen LogP contribution in [-0.2, 0) is 4.79 Å². The predicted octanol–water partition coefficient (Wildman–Crippen LogP) is 1.64. The fourth-order valence-corrected chi connectivity index (χ4v) is 1.97. The van der Waals surface area contributed by atoms with Crippen molar-refractivity contribution < 1.29 is 4.79 Å². The van der Waals surface area contributed by atoms with Gasteiger partial charge < -0.3 is 10.6 Å². The van der Waals surface area contributed by atoms with Gasteiger partial charge in [0, 0.05) is 6.54 Å². The van der Waals surface area contributed by atoms with Gasteiger partial charge in [-0.2, -0.15) is 5.26 Å². The van der Waals surface area contributed by atoms with E-state index in [9.17, 15) is 4.79 Å². The van der Waals surface area contributed by atoms with Gasteiger partial charge in [-0.05, 0) is 31.4 Å². The molecule has 0 aromatic heterocycles. The van der Waals surface area contributed by atoms with Gasteiger partial charge >= 0.3 is 0 Å². The topological polar surface area (TPSA) is 64.9 Å². The van der Waals surface area contributed by atoms with E-state index in [-0.39, 0.29) is 11.9 Å². The van der Waals surface area contributed by atoms with Gasteiger partial charge in [-0.1, -0.05) is 12.1 Å². The van der Waals surface area contributed by atoms with Crippen LogP contribution in [0, 0.1) is 11.3 Å². The summed E-state index contributed by atoms with van der Waals surface area (Å²) in [6.45, 7) is 0.747. The minimum absolute atomic E-state index is 0.0234. The van der Waals surface area contributed by atoms with Crippen LogP contribution >= 0.6 is 0 Å². The molecule has 0 saturated carbocycles. The number of hydrogen-bond acceptors (Lipinski definition) is 3. The highest BCUT2D eigenvalue weighted by Gasteiger charge is 2.20. The summed E-state index contributed by atoms with van der Waals surface area (Å²) in [6, 6.07) is 9.14. The van der Waals surface area contributed by atoms with Gasteiger partial charge in [0.05, 0.1) is 11.3 Å². The van der Waals surface area contributed by atoms with Crippen molar-refractivity contribution >= 4 is 11.6 Å². The van der Waals surface area contributed by atoms with E-state index in [2.05, 4.69) is 16.7 Å². The van der Waals surface area contributed by atoms with Crippen LogP contribution < -0.4 is 10.6 Å². The number of carbonyl (C=O) groups excluding carboxylic acids is 1. The number of rotatable bonds is 2. The maximum Gasteiger partial charge on any atom is 0.242 e. The number of nitrogens with zero attached hydrogens (tertiary/aromatic N) is 1. The van der Waals surface area contributed by atoms with Gasteiger partial charge in [0.25, 0.3) is 0 Å². The standard InChI is InChI=1S/C13H15N3O/c14-9-10-5-1-2-6-11(10)16-12-7-3-4-8-15-13(12)17/h1-2,5-6,12,16H,3-4,7-8H2,(H,15,17). The molecule has 1 heterocycles. The molecule has 0 bridgehead atoms. The highest BCUT2D eigenvalue weighted by atomic mass is 16.2. The second-order valence-electron chi connectivity index (χ2n) is 4.14. The molecule has 1 aromatic carbocycles. The van der Waals surface area contributed by atoms with Gasteiger partial charge in [0.2, 0.25) is 5.91 Å². The molecule has 1 aliphatic rings. The largest absolute Gasteiger partial charge is 0.373 e. The van der Waals surface area contributed by atoms with Crippen molar-refractivity contribution in [1.29, 1.82) is 5.26 Å². The monoisotopic (exact) mass is 229 g/mol. The Bertz CT molecular complexity index is 450. The Kier molecular flexibility index (Phi) is 3.61. The summed E-state index contributed by atoms with van der Waals surface area (Å²) >= 11 is 0. The maximum atomic E-state index is 11.8. The Morgan fingerprint density at radius 3 is 3.00 bits per heavy atom. The van der Waals surface area contributed by atoms with E-state index in [4.69, 9.17) is 5.26 Å². The highest BCUT2D eigenvalue weighted by Crippen LogP contribution is 2.17. The molecular formula is C13H15N3O. The molecule has 1 atom stereocenters. The second-order valence-corrected chi connectivity index (χ2v) is 4.14. The number of para-hydroxylation sites is 1. The predicted molar refractivity (Wildman–Crippen MR) is 65.4 cm³/mol. The summed E-state index contributed by atoms with van der Waals surface area (Å²) in [4.78, 5) is 11.8. The molecule has 0 aliphatic carbocycles. The average molecular weight is 229 g/mol. The van der Waals surface area contributed by atoms with E-state index in [0.29, 0.717) is 5.56 Å². The van der Waals surface area contributed by atoms with Crippen molar-refractivity contribution in [2.24, 2.45) is 0 Å². The Morgan fingerprint density at radius 2 is 2.18 bits per heavy atom. The molecule has 1 aliphatic heterocycles. The Labute approximate surface area is 101 Å². The lowest BCUT2D eigenvalue weighted by atomic mass is 10.1. The third-order valence-electron chi connectivity index (χ3n) is 2.91. The lowest BCUT2D eigenvalue weighted by Crippen LogP contribution is -2.38. The van der Waals surface area contributed by atoms with E-state index >= 15 is 0 Å². The van der Waals surface area contributed by atoms with Crippen molar-refractivity contribution in [2.45, 2.75) is 25.3 Å². The summed E-state index contributed by atoms with van der Waals surface area (Å²) in [6.07, 6.45) is 2.85. The molecule has 1 aromatic rings. The number of amides is 1. The summed E-state index contributed by atoms with van der Waals surface area (Å²) in [5, 5.41) is 15.0. The van der Waals surface area contributed by atoms with Crippen LogP contribution in [0.3, 0.4) is 0 Å². The average Bonchev–Trinajstić information content (AvgIpc) is 2.56. The van der Waals surface area contributed by atoms with Gasteiger partial charge in [-0.25, -0.2) is 0 Å². The molecule has 0 radical (unpaired) electrons. The zero-order valence-corrected chi connectivity index (χ0v) is 9.57. The number of benzene rings is 1. The maximum absolute atomic E-state index is 11.8. The van der Waals surface area contributed by atoms with Crippen LogP contribution in [0.2, 0.25) is 0 Å². The highest BCUT2D eigenvalue weighted by molar-refractivity contribution is 5.85. The van der Waals surface area contributed by atoms with Crippen molar-refractivity contribution in [3.8, 4) is 6.07 Å². The van der Waals surface area contributed by atoms with Crippen molar-refractivity contribution in [3.05, 3.63) is 29.8 Å². The molecule has 2 N–H and O–H groups in total. The number of hydrogen-bond donors (Lipinski definition) is 2. The van der Waals surface area contributed by atoms with E-state index in [1.807, 2.05) is 18.2 Å². The van der Waals surface area contributed by atoms with Crippen LogP contribution in [0.5, 0.6) is 0 Å². The molecule has 1 saturated heterocycles. The van der Waals surface area contributed by atoms with Gasteiger partial charge in [-0.15, -0.1) is 0 Å². The second kappa shape index (κ2) is 5.35. The first kappa shape index (κ1) is 11.5. The minimum atomic E-state index is -0.230. The summed E-state index contributed by atoms with van der Waals surface area (Å²) in [7, 11) is 0. The molecule has 4 nitrogen and oxygen atoms in total. The van der Waals surface area contributed by atoms with Crippen LogP contribution in [0.4, 0.5) is 5.69 Å². The number of nitriles is 1. The van der Waals surface area contributed by atoms with Crippen molar-refractivity contribution in [3.63, 3.8) is 0 Å². The van der Waals surface area contributed by atoms with Gasteiger partial charge in [0.15, 0.2) is 0 Å². The van der Waals surface area contributed by atoms with Crippen LogP contribution in [0.15, 0.2) is 24.3 Å². The van der Waals surface area contributed by atoms with Gasteiger partial charge in [0.1, 0.15) is 12.1 Å². The molecule has 2 rings (SSSR count). The lowest BCUT2D eigenvalue weighted by molar-refractivity contribution is -0.121. The molecule has 0 spiro atoms. The molecule has 1 amide bonds.